The number of rotatable bonds is 4. The first-order valence-electron chi connectivity index (χ1n) is 4.48. The second-order valence-electron chi connectivity index (χ2n) is 4.59. The van der Waals surface area contributed by atoms with Gasteiger partial charge in [-0.2, -0.15) is 21.6 Å². The van der Waals surface area contributed by atoms with Crippen molar-refractivity contribution in [2.75, 3.05) is 0 Å². The lowest BCUT2D eigenvalue weighted by Gasteiger charge is -2.23. The zero-order chi connectivity index (χ0) is 14.1. The van der Waals surface area contributed by atoms with Gasteiger partial charge in [0.1, 0.15) is 0 Å². The zero-order valence-electron chi connectivity index (χ0n) is 9.41. The monoisotopic (exact) mass is 278 g/mol. The lowest BCUT2D eigenvalue weighted by molar-refractivity contribution is -0.147. The summed E-state index contributed by atoms with van der Waals surface area (Å²) in [6, 6.07) is 0. The number of aliphatic carboxylic acids is 1. The topological polar surface area (TPSA) is 80.7 Å². The summed E-state index contributed by atoms with van der Waals surface area (Å²) in [6.45, 7) is 4.64. The van der Waals surface area contributed by atoms with Crippen molar-refractivity contribution in [1.82, 2.24) is 0 Å². The van der Waals surface area contributed by atoms with Gasteiger partial charge in [0.05, 0.1) is 0 Å². The van der Waals surface area contributed by atoms with Gasteiger partial charge in [-0.3, -0.25) is 0 Å². The Morgan fingerprint density at radius 3 is 1.94 bits per heavy atom. The maximum atomic E-state index is 12.0. The van der Waals surface area contributed by atoms with Crippen LogP contribution in [0.15, 0.2) is 0 Å². The van der Waals surface area contributed by atoms with Crippen molar-refractivity contribution >= 4 is 16.1 Å². The van der Waals surface area contributed by atoms with E-state index in [-0.39, 0.29) is 6.42 Å². The van der Waals surface area contributed by atoms with Gasteiger partial charge in [-0.1, -0.05) is 20.8 Å². The van der Waals surface area contributed by atoms with Gasteiger partial charge in [-0.05, 0) is 11.8 Å². The largest absolute Gasteiger partial charge is 0.523 e. The molecule has 1 N–H and O–H groups in total. The summed E-state index contributed by atoms with van der Waals surface area (Å²) < 4.78 is 60.9. The third kappa shape index (κ3) is 5.35. The molecular weight excluding hydrogens is 265 g/mol. The van der Waals surface area contributed by atoms with E-state index in [1.807, 2.05) is 0 Å². The lowest BCUT2D eigenvalue weighted by Crippen LogP contribution is -2.36. The van der Waals surface area contributed by atoms with Crippen LogP contribution in [-0.2, 0) is 19.1 Å². The van der Waals surface area contributed by atoms with Gasteiger partial charge in [0, 0.05) is 0 Å². The molecule has 1 atom stereocenters. The van der Waals surface area contributed by atoms with E-state index >= 15 is 0 Å². The molecule has 0 spiro atoms. The molecule has 102 valence electrons. The molecule has 0 aliphatic carbocycles. The lowest BCUT2D eigenvalue weighted by atomic mass is 9.89. The van der Waals surface area contributed by atoms with E-state index < -0.39 is 33.1 Å². The van der Waals surface area contributed by atoms with Crippen LogP contribution in [-0.4, -0.2) is 31.1 Å². The Kier molecular flexibility index (Phi) is 4.57. The highest BCUT2D eigenvalue weighted by atomic mass is 32.2. The van der Waals surface area contributed by atoms with Gasteiger partial charge in [0.15, 0.2) is 6.10 Å². The van der Waals surface area contributed by atoms with E-state index in [0.717, 1.165) is 0 Å². The molecule has 17 heavy (non-hydrogen) atoms. The standard InChI is InChI=1S/C8H13F3O5S/c1-7(2,3)4-5(6(12)13)16-17(14,15)8(9,10)11/h5H,4H2,1-3H3,(H,12,13). The van der Waals surface area contributed by atoms with Gasteiger partial charge < -0.3 is 5.11 Å². The van der Waals surface area contributed by atoms with Crippen LogP contribution >= 0.6 is 0 Å². The fourth-order valence-electron chi connectivity index (χ4n) is 0.926. The molecule has 0 aliphatic heterocycles. The first-order chi connectivity index (χ1) is 7.26. The van der Waals surface area contributed by atoms with Crippen molar-refractivity contribution in [3.63, 3.8) is 0 Å². The second kappa shape index (κ2) is 4.81. The molecule has 9 heteroatoms. The molecule has 0 aromatic rings. The number of halogens is 3. The SMILES string of the molecule is CC(C)(C)CC(OS(=O)(=O)C(F)(F)F)C(=O)O. The summed E-state index contributed by atoms with van der Waals surface area (Å²) in [4.78, 5) is 10.6. The molecule has 0 radical (unpaired) electrons. The van der Waals surface area contributed by atoms with Crippen LogP contribution in [0.5, 0.6) is 0 Å². The number of carboxylic acid groups (broad SMARTS) is 1. The quantitative estimate of drug-likeness (QED) is 0.625. The molecule has 0 saturated carbocycles. The third-order valence-electron chi connectivity index (χ3n) is 1.60. The van der Waals surface area contributed by atoms with E-state index in [1.165, 1.54) is 0 Å². The molecule has 1 unspecified atom stereocenters. The average molecular weight is 278 g/mol. The van der Waals surface area contributed by atoms with Gasteiger partial charge in [-0.25, -0.2) is 8.98 Å². The molecule has 0 heterocycles. The smallest absolute Gasteiger partial charge is 0.479 e. The normalized spacial score (nSPS) is 15.6. The van der Waals surface area contributed by atoms with Gasteiger partial charge in [0.25, 0.3) is 0 Å². The van der Waals surface area contributed by atoms with Gasteiger partial charge in [-0.15, -0.1) is 0 Å². The van der Waals surface area contributed by atoms with Crippen molar-refractivity contribution in [2.24, 2.45) is 5.41 Å². The second-order valence-corrected chi connectivity index (χ2v) is 6.15. The summed E-state index contributed by atoms with van der Waals surface area (Å²) >= 11 is 0. The summed E-state index contributed by atoms with van der Waals surface area (Å²) in [5.41, 5.74) is -6.32. The molecular formula is C8H13F3O5S. The van der Waals surface area contributed by atoms with Crippen LogP contribution < -0.4 is 0 Å². The summed E-state index contributed by atoms with van der Waals surface area (Å²) in [6.07, 6.45) is -2.42. The number of hydrogen-bond donors (Lipinski definition) is 1. The number of alkyl halides is 3. The predicted octanol–water partition coefficient (Wildman–Crippen LogP) is 1.74. The maximum absolute atomic E-state index is 12.0. The van der Waals surface area contributed by atoms with Crippen molar-refractivity contribution in [3.8, 4) is 0 Å². The Bertz CT molecular complexity index is 379. The van der Waals surface area contributed by atoms with Crippen LogP contribution in [0.4, 0.5) is 13.2 Å². The van der Waals surface area contributed by atoms with Crippen molar-refractivity contribution in [2.45, 2.75) is 38.8 Å². The van der Waals surface area contributed by atoms with E-state index in [2.05, 4.69) is 4.18 Å². The molecule has 0 saturated heterocycles. The highest BCUT2D eigenvalue weighted by Crippen LogP contribution is 2.29. The fourth-order valence-corrected chi connectivity index (χ4v) is 1.49. The van der Waals surface area contributed by atoms with Crippen molar-refractivity contribution in [3.05, 3.63) is 0 Å². The van der Waals surface area contributed by atoms with Crippen LogP contribution in [0.3, 0.4) is 0 Å². The summed E-state index contributed by atoms with van der Waals surface area (Å²) in [7, 11) is -5.90. The molecule has 0 bridgehead atoms. The first-order valence-corrected chi connectivity index (χ1v) is 5.89. The summed E-state index contributed by atoms with van der Waals surface area (Å²) in [5.74, 6) is -1.76. The molecule has 0 rings (SSSR count). The van der Waals surface area contributed by atoms with Gasteiger partial charge >= 0.3 is 21.6 Å². The third-order valence-corrected chi connectivity index (χ3v) is 2.65. The minimum atomic E-state index is -5.90. The zero-order valence-corrected chi connectivity index (χ0v) is 10.2. The Hall–Kier alpha value is -0.830. The van der Waals surface area contributed by atoms with E-state index in [1.54, 1.807) is 20.8 Å². The highest BCUT2D eigenvalue weighted by Gasteiger charge is 2.49. The van der Waals surface area contributed by atoms with Crippen LogP contribution in [0, 0.1) is 5.41 Å². The first kappa shape index (κ1) is 16.2. The van der Waals surface area contributed by atoms with Crippen LogP contribution in [0.2, 0.25) is 0 Å². The number of carbonyl (C=O) groups is 1. The molecule has 0 aromatic carbocycles. The Morgan fingerprint density at radius 1 is 1.29 bits per heavy atom. The van der Waals surface area contributed by atoms with Gasteiger partial charge in [0.2, 0.25) is 0 Å². The average Bonchev–Trinajstić information content (AvgIpc) is 1.96. The van der Waals surface area contributed by atoms with E-state index in [4.69, 9.17) is 5.11 Å². The van der Waals surface area contributed by atoms with Crippen molar-refractivity contribution < 1.29 is 35.7 Å². The molecule has 0 fully saturated rings. The Balaban J connectivity index is 4.99. The number of hydrogen-bond acceptors (Lipinski definition) is 4. The molecule has 5 nitrogen and oxygen atoms in total. The van der Waals surface area contributed by atoms with E-state index in [0.29, 0.717) is 0 Å². The fraction of sp³-hybridized carbons (Fsp3) is 0.875. The molecule has 0 aliphatic rings. The van der Waals surface area contributed by atoms with E-state index in [9.17, 15) is 26.4 Å². The summed E-state index contributed by atoms with van der Waals surface area (Å²) in [5, 5.41) is 8.61. The predicted molar refractivity (Wildman–Crippen MR) is 51.6 cm³/mol. The molecule has 0 aromatic heterocycles. The maximum Gasteiger partial charge on any atom is 0.523 e. The molecule has 0 amide bonds. The van der Waals surface area contributed by atoms with Crippen molar-refractivity contribution in [1.29, 1.82) is 0 Å². The van der Waals surface area contributed by atoms with Crippen LogP contribution in [0.1, 0.15) is 27.2 Å². The highest BCUT2D eigenvalue weighted by molar-refractivity contribution is 7.87. The Morgan fingerprint density at radius 2 is 1.71 bits per heavy atom. The minimum absolute atomic E-state index is 0.363. The number of carboxylic acids is 1. The minimum Gasteiger partial charge on any atom is -0.479 e. The van der Waals surface area contributed by atoms with Crippen LogP contribution in [0.25, 0.3) is 0 Å². The Labute approximate surface area is 96.7 Å².